The molecule has 0 aliphatic heterocycles. The number of nitrogens with one attached hydrogen (secondary N) is 2. The lowest BCUT2D eigenvalue weighted by Gasteiger charge is -2.06. The van der Waals surface area contributed by atoms with E-state index in [1.807, 2.05) is 0 Å². The molecule has 8 nitrogen and oxygen atoms in total. The summed E-state index contributed by atoms with van der Waals surface area (Å²) in [5, 5.41) is 15.5. The Labute approximate surface area is 125 Å². The number of hydrogen-bond donors (Lipinski definition) is 2. The summed E-state index contributed by atoms with van der Waals surface area (Å²) < 4.78 is 0. The van der Waals surface area contributed by atoms with Crippen LogP contribution in [0, 0.1) is 10.1 Å². The van der Waals surface area contributed by atoms with Crippen LogP contribution in [0.5, 0.6) is 0 Å². The molecule has 22 heavy (non-hydrogen) atoms. The fraction of sp³-hybridized carbons (Fsp3) is 0.0714. The predicted octanol–water partition coefficient (Wildman–Crippen LogP) is 1.24. The number of aromatic nitrogens is 1. The van der Waals surface area contributed by atoms with Crippen molar-refractivity contribution < 1.29 is 14.5 Å². The van der Waals surface area contributed by atoms with Gasteiger partial charge in [0, 0.05) is 25.0 Å². The molecule has 1 aromatic carbocycles. The van der Waals surface area contributed by atoms with Gasteiger partial charge in [-0.1, -0.05) is 12.1 Å². The molecule has 0 atom stereocenters. The summed E-state index contributed by atoms with van der Waals surface area (Å²) in [5.74, 6) is -1.85. The van der Waals surface area contributed by atoms with E-state index in [-0.39, 0.29) is 17.9 Å². The van der Waals surface area contributed by atoms with Crippen LogP contribution in [-0.2, 0) is 16.1 Å². The Hall–Kier alpha value is -3.29. The number of amides is 2. The highest BCUT2D eigenvalue weighted by Gasteiger charge is 2.19. The highest BCUT2D eigenvalue weighted by molar-refractivity contribution is 6.39. The van der Waals surface area contributed by atoms with Gasteiger partial charge in [0.15, 0.2) is 0 Å². The number of benzene rings is 1. The van der Waals surface area contributed by atoms with Gasteiger partial charge >= 0.3 is 11.8 Å². The second-order valence-corrected chi connectivity index (χ2v) is 4.27. The topological polar surface area (TPSA) is 114 Å². The van der Waals surface area contributed by atoms with Gasteiger partial charge in [0.1, 0.15) is 5.69 Å². The Bertz CT molecular complexity index is 703. The van der Waals surface area contributed by atoms with Gasteiger partial charge in [-0.15, -0.1) is 0 Å². The molecule has 0 saturated carbocycles. The van der Waals surface area contributed by atoms with Gasteiger partial charge in [-0.05, 0) is 23.8 Å². The third kappa shape index (κ3) is 3.85. The fourth-order valence-electron chi connectivity index (χ4n) is 1.68. The van der Waals surface area contributed by atoms with Gasteiger partial charge in [0.2, 0.25) is 0 Å². The first-order valence-electron chi connectivity index (χ1n) is 6.29. The van der Waals surface area contributed by atoms with Gasteiger partial charge in [-0.3, -0.25) is 24.7 Å². The first kappa shape index (κ1) is 15.1. The van der Waals surface area contributed by atoms with Crippen molar-refractivity contribution in [3.8, 4) is 0 Å². The maximum atomic E-state index is 11.8. The highest BCUT2D eigenvalue weighted by atomic mass is 16.6. The number of anilines is 1. The minimum Gasteiger partial charge on any atom is -0.344 e. The summed E-state index contributed by atoms with van der Waals surface area (Å²) in [4.78, 5) is 37.5. The molecule has 0 saturated heterocycles. The van der Waals surface area contributed by atoms with Crippen LogP contribution >= 0.6 is 0 Å². The first-order valence-corrected chi connectivity index (χ1v) is 6.29. The number of pyridine rings is 1. The van der Waals surface area contributed by atoms with Crippen LogP contribution in [0.4, 0.5) is 11.4 Å². The zero-order chi connectivity index (χ0) is 15.9. The van der Waals surface area contributed by atoms with Crippen molar-refractivity contribution in [3.05, 3.63) is 64.5 Å². The van der Waals surface area contributed by atoms with E-state index in [1.165, 1.54) is 24.3 Å². The second kappa shape index (κ2) is 6.93. The van der Waals surface area contributed by atoms with E-state index in [2.05, 4.69) is 15.6 Å². The van der Waals surface area contributed by atoms with Gasteiger partial charge in [0.25, 0.3) is 5.69 Å². The SMILES string of the molecule is O=C(NCc1ccncc1)C(=O)Nc1ccccc1[N+](=O)[O-]. The molecule has 2 rings (SSSR count). The molecule has 2 N–H and O–H groups in total. The van der Waals surface area contributed by atoms with E-state index >= 15 is 0 Å². The Kier molecular flexibility index (Phi) is 4.76. The first-order chi connectivity index (χ1) is 10.6. The molecule has 112 valence electrons. The van der Waals surface area contributed by atoms with Crippen molar-refractivity contribution in [2.45, 2.75) is 6.54 Å². The van der Waals surface area contributed by atoms with E-state index in [4.69, 9.17) is 0 Å². The van der Waals surface area contributed by atoms with Crippen molar-refractivity contribution >= 4 is 23.2 Å². The number of nitrogens with zero attached hydrogens (tertiary/aromatic N) is 2. The number of nitro benzene ring substituents is 1. The molecule has 8 heteroatoms. The highest BCUT2D eigenvalue weighted by Crippen LogP contribution is 2.22. The maximum absolute atomic E-state index is 11.8. The smallest absolute Gasteiger partial charge is 0.313 e. The number of para-hydroxylation sites is 2. The van der Waals surface area contributed by atoms with Crippen LogP contribution < -0.4 is 10.6 Å². The van der Waals surface area contributed by atoms with Crippen LogP contribution in [-0.4, -0.2) is 21.7 Å². The lowest BCUT2D eigenvalue weighted by atomic mass is 10.2. The fourth-order valence-corrected chi connectivity index (χ4v) is 1.68. The summed E-state index contributed by atoms with van der Waals surface area (Å²) in [6.45, 7) is 0.158. The van der Waals surface area contributed by atoms with Gasteiger partial charge in [-0.2, -0.15) is 0 Å². The van der Waals surface area contributed by atoms with E-state index in [0.717, 1.165) is 5.56 Å². The summed E-state index contributed by atoms with van der Waals surface area (Å²) >= 11 is 0. The predicted molar refractivity (Wildman–Crippen MR) is 77.8 cm³/mol. The quantitative estimate of drug-likeness (QED) is 0.501. The van der Waals surface area contributed by atoms with Gasteiger partial charge in [-0.25, -0.2) is 0 Å². The summed E-state index contributed by atoms with van der Waals surface area (Å²) in [7, 11) is 0. The summed E-state index contributed by atoms with van der Waals surface area (Å²) in [5.41, 5.74) is 0.469. The lowest BCUT2D eigenvalue weighted by Crippen LogP contribution is -2.35. The van der Waals surface area contributed by atoms with Crippen molar-refractivity contribution in [1.82, 2.24) is 10.3 Å². The molecule has 0 fully saturated rings. The summed E-state index contributed by atoms with van der Waals surface area (Å²) in [6, 6.07) is 8.98. The van der Waals surface area contributed by atoms with Crippen molar-refractivity contribution in [1.29, 1.82) is 0 Å². The van der Waals surface area contributed by atoms with Crippen LogP contribution in [0.15, 0.2) is 48.8 Å². The minimum atomic E-state index is -0.969. The number of hydrogen-bond acceptors (Lipinski definition) is 5. The zero-order valence-electron chi connectivity index (χ0n) is 11.4. The average molecular weight is 300 g/mol. The van der Waals surface area contributed by atoms with Gasteiger partial charge < -0.3 is 10.6 Å². The Balaban J connectivity index is 1.97. The summed E-state index contributed by atoms with van der Waals surface area (Å²) in [6.07, 6.45) is 3.13. The number of carbonyl (C=O) groups excluding carboxylic acids is 2. The standard InChI is InChI=1S/C14H12N4O4/c19-13(16-9-10-5-7-15-8-6-10)14(20)17-11-3-1-2-4-12(11)18(21)22/h1-8H,9H2,(H,16,19)(H,17,20). The Morgan fingerprint density at radius 3 is 2.45 bits per heavy atom. The Morgan fingerprint density at radius 1 is 1.09 bits per heavy atom. The van der Waals surface area contributed by atoms with Crippen LogP contribution in [0.2, 0.25) is 0 Å². The molecule has 1 heterocycles. The van der Waals surface area contributed by atoms with Crippen LogP contribution in [0.3, 0.4) is 0 Å². The normalized spacial score (nSPS) is 9.82. The largest absolute Gasteiger partial charge is 0.344 e. The van der Waals surface area contributed by atoms with Crippen LogP contribution in [0.25, 0.3) is 0 Å². The molecule has 0 aliphatic rings. The van der Waals surface area contributed by atoms with E-state index in [9.17, 15) is 19.7 Å². The van der Waals surface area contributed by atoms with Crippen molar-refractivity contribution in [2.75, 3.05) is 5.32 Å². The van der Waals surface area contributed by atoms with E-state index < -0.39 is 16.7 Å². The Morgan fingerprint density at radius 2 is 1.77 bits per heavy atom. The average Bonchev–Trinajstić information content (AvgIpc) is 2.53. The van der Waals surface area contributed by atoms with E-state index in [0.29, 0.717) is 0 Å². The zero-order valence-corrected chi connectivity index (χ0v) is 11.4. The third-order valence-corrected chi connectivity index (χ3v) is 2.76. The molecule has 2 aromatic rings. The van der Waals surface area contributed by atoms with Crippen LogP contribution in [0.1, 0.15) is 5.56 Å². The molecule has 0 radical (unpaired) electrons. The monoisotopic (exact) mass is 300 g/mol. The molecule has 0 unspecified atom stereocenters. The molecule has 0 spiro atoms. The molecule has 0 aliphatic carbocycles. The van der Waals surface area contributed by atoms with Crippen molar-refractivity contribution in [3.63, 3.8) is 0 Å². The molecular formula is C14H12N4O4. The van der Waals surface area contributed by atoms with E-state index in [1.54, 1.807) is 24.5 Å². The molecule has 1 aromatic heterocycles. The van der Waals surface area contributed by atoms with Gasteiger partial charge in [0.05, 0.1) is 4.92 Å². The number of nitro groups is 1. The number of rotatable bonds is 4. The lowest BCUT2D eigenvalue weighted by molar-refractivity contribution is -0.383. The molecule has 0 bridgehead atoms. The minimum absolute atomic E-state index is 0.0310. The maximum Gasteiger partial charge on any atom is 0.313 e. The second-order valence-electron chi connectivity index (χ2n) is 4.27. The van der Waals surface area contributed by atoms with Crippen molar-refractivity contribution in [2.24, 2.45) is 0 Å². The molecule has 2 amide bonds. The third-order valence-electron chi connectivity index (χ3n) is 2.76. The number of carbonyl (C=O) groups is 2. The molecular weight excluding hydrogens is 288 g/mol.